The molecule has 0 heterocycles. The number of nitrogens with zero attached hydrogens (tertiary/aromatic N) is 1. The summed E-state index contributed by atoms with van der Waals surface area (Å²) in [4.78, 5) is 157. The van der Waals surface area contributed by atoms with Crippen molar-refractivity contribution in [3.8, 4) is 0 Å². The van der Waals surface area contributed by atoms with Crippen molar-refractivity contribution in [2.75, 3.05) is 26.2 Å². The van der Waals surface area contributed by atoms with Gasteiger partial charge in [-0.1, -0.05) is 148 Å². The van der Waals surface area contributed by atoms with Crippen LogP contribution in [0.5, 0.6) is 0 Å². The number of nitrogens with one attached hydrogen (secondary N) is 10. The Hall–Kier alpha value is -6.64. The summed E-state index contributed by atoms with van der Waals surface area (Å²) in [5, 5.41) is 27.8. The van der Waals surface area contributed by atoms with E-state index in [1.807, 2.05) is 69.2 Å². The minimum atomic E-state index is -1.28. The number of primary amides is 1. The van der Waals surface area contributed by atoms with Crippen LogP contribution < -0.4 is 81.8 Å². The molecule has 0 aromatic carbocycles. The number of carbonyl (C=O) groups is 11. The van der Waals surface area contributed by atoms with Gasteiger partial charge in [-0.2, -0.15) is 0 Å². The van der Waals surface area contributed by atoms with E-state index in [0.29, 0.717) is 51.5 Å². The Labute approximate surface area is 562 Å². The van der Waals surface area contributed by atoms with Crippen LogP contribution in [-0.2, 0) is 52.7 Å². The summed E-state index contributed by atoms with van der Waals surface area (Å²) < 4.78 is 0. The van der Waals surface area contributed by atoms with E-state index in [0.717, 1.165) is 19.3 Å². The number of hydrogen-bond donors (Lipinski definition) is 15. The molecule has 0 aromatic rings. The van der Waals surface area contributed by atoms with Crippen molar-refractivity contribution in [2.45, 2.75) is 292 Å². The van der Waals surface area contributed by atoms with Crippen LogP contribution in [0.2, 0.25) is 0 Å². The van der Waals surface area contributed by atoms with E-state index in [2.05, 4.69) is 65.1 Å². The van der Waals surface area contributed by atoms with Crippen LogP contribution >= 0.6 is 0 Å². The minimum absolute atomic E-state index is 0.00483. The summed E-state index contributed by atoms with van der Waals surface area (Å²) in [6.07, 6.45) is 12.6. The number of aliphatic imine (C=N–C) groups is 1. The summed E-state index contributed by atoms with van der Waals surface area (Å²) in [6.45, 7) is 24.6. The zero-order valence-electron chi connectivity index (χ0n) is 59.6. The standard InChI is InChI=1S/C67H128N16O11/c1-14-17-18-19-20-21-22-23-32-54(84)74-40-55(85)75-51(37-42(6)7)62(90)81-52(38-43(8)9)63(91)77-48(30-25-27-34-69)61(89)82-57(46(13)16-3)66(94)83-56(45(12)15-2)65(93)78-47(29-24-26-33-68)59(87)76-49(31-28-35-73-67(71)72)60(88)80-53(39-44(10)11)64(92)79-50(58(70)86)36-41(4)5/h41-53,56-57H,14-40,68-69H2,1-13H3,(H2,70,86)(H,74,84)(H,75,85)(H,76,87)(H,77,91)(H,78,93)(H,79,92)(H,80,88)(H,81,90)(H,82,89)(H,83,94)(H4,71,72,73)/t45-,46-,47-,48-,49-,50-,51-,52-,53-,56-,57-/m0/s1. The molecule has 0 saturated heterocycles. The van der Waals surface area contributed by atoms with Crippen molar-refractivity contribution in [1.82, 2.24) is 53.2 Å². The van der Waals surface area contributed by atoms with Gasteiger partial charge in [0.15, 0.2) is 5.96 Å². The summed E-state index contributed by atoms with van der Waals surface area (Å²) >= 11 is 0. The minimum Gasteiger partial charge on any atom is -0.370 e. The van der Waals surface area contributed by atoms with E-state index in [9.17, 15) is 52.7 Å². The fourth-order valence-corrected chi connectivity index (χ4v) is 10.6. The van der Waals surface area contributed by atoms with Gasteiger partial charge in [0.1, 0.15) is 54.4 Å². The molecule has 0 fully saturated rings. The third kappa shape index (κ3) is 38.7. The maximum atomic E-state index is 14.7. The number of guanidine groups is 1. The van der Waals surface area contributed by atoms with Crippen molar-refractivity contribution in [1.29, 1.82) is 0 Å². The van der Waals surface area contributed by atoms with E-state index in [1.54, 1.807) is 13.8 Å². The maximum Gasteiger partial charge on any atom is 0.243 e. The topological polar surface area (TPSA) is 451 Å². The number of unbranched alkanes of at least 4 members (excludes halogenated alkanes) is 9. The molecule has 11 atom stereocenters. The second kappa shape index (κ2) is 49.8. The Morgan fingerprint density at radius 1 is 0.351 bits per heavy atom. The first-order valence-corrected chi connectivity index (χ1v) is 35.1. The van der Waals surface area contributed by atoms with Crippen LogP contribution in [0, 0.1) is 35.5 Å². The van der Waals surface area contributed by atoms with Crippen LogP contribution in [0.15, 0.2) is 4.99 Å². The summed E-state index contributed by atoms with van der Waals surface area (Å²) in [5.74, 6) is -8.62. The molecule has 27 heteroatoms. The summed E-state index contributed by atoms with van der Waals surface area (Å²) in [6, 6.07) is -10.6. The highest BCUT2D eigenvalue weighted by atomic mass is 16.2. The number of nitrogens with two attached hydrogens (primary N) is 5. The van der Waals surface area contributed by atoms with Gasteiger partial charge in [-0.15, -0.1) is 0 Å². The third-order valence-electron chi connectivity index (χ3n) is 16.4. The monoisotopic (exact) mass is 1330 g/mol. The molecular weight excluding hydrogens is 1200 g/mol. The summed E-state index contributed by atoms with van der Waals surface area (Å²) in [5.41, 5.74) is 28.5. The van der Waals surface area contributed by atoms with Crippen LogP contribution in [0.25, 0.3) is 0 Å². The molecule has 0 aromatic heterocycles. The second-order valence-corrected chi connectivity index (χ2v) is 27.2. The highest BCUT2D eigenvalue weighted by Gasteiger charge is 2.38. The molecule has 0 spiro atoms. The first kappa shape index (κ1) is 87.4. The van der Waals surface area contributed by atoms with Crippen LogP contribution in [-0.4, -0.2) is 151 Å². The van der Waals surface area contributed by atoms with E-state index in [-0.39, 0.29) is 113 Å². The first-order chi connectivity index (χ1) is 44.3. The van der Waals surface area contributed by atoms with Gasteiger partial charge in [-0.3, -0.25) is 57.7 Å². The lowest BCUT2D eigenvalue weighted by molar-refractivity contribution is -0.137. The van der Waals surface area contributed by atoms with Gasteiger partial charge >= 0.3 is 0 Å². The SMILES string of the molecule is CCCCCCCCCCC(=O)NCC(=O)N[C@@H](CC(C)C)C(=O)N[C@@H](CC(C)C)C(=O)N[C@@H](CCCCN)C(=O)N[C@H](C(=O)N[C@H](C(=O)N[C@@H](CCCCN)C(=O)N[C@@H](CCCN=C(N)N)C(=O)N[C@@H](CC(C)C)C(=O)N[C@@H](CC(C)C)C(N)=O)[C@@H](C)CC)[C@@H](C)CC. The quantitative estimate of drug-likeness (QED) is 0.0236. The van der Waals surface area contributed by atoms with Gasteiger partial charge in [-0.05, 0) is 132 Å². The molecular formula is C67H128N16O11. The lowest BCUT2D eigenvalue weighted by atomic mass is 9.94. The van der Waals surface area contributed by atoms with Crippen molar-refractivity contribution >= 4 is 70.9 Å². The fourth-order valence-electron chi connectivity index (χ4n) is 10.6. The molecule has 542 valence electrons. The zero-order chi connectivity index (χ0) is 71.5. The van der Waals surface area contributed by atoms with Crippen molar-refractivity contribution < 1.29 is 52.7 Å². The number of hydrogen-bond acceptors (Lipinski definition) is 14. The van der Waals surface area contributed by atoms with Crippen molar-refractivity contribution in [3.63, 3.8) is 0 Å². The molecule has 0 unspecified atom stereocenters. The molecule has 0 aliphatic rings. The molecule has 0 aliphatic carbocycles. The molecule has 0 radical (unpaired) electrons. The van der Waals surface area contributed by atoms with E-state index in [4.69, 9.17) is 28.7 Å². The first-order valence-electron chi connectivity index (χ1n) is 35.1. The lowest BCUT2D eigenvalue weighted by Crippen LogP contribution is -2.62. The van der Waals surface area contributed by atoms with Gasteiger partial charge in [0, 0.05) is 13.0 Å². The lowest BCUT2D eigenvalue weighted by Gasteiger charge is -2.31. The average Bonchev–Trinajstić information content (AvgIpc) is 0.880. The predicted octanol–water partition coefficient (Wildman–Crippen LogP) is 3.07. The molecule has 94 heavy (non-hydrogen) atoms. The van der Waals surface area contributed by atoms with Gasteiger partial charge < -0.3 is 81.8 Å². The fraction of sp³-hybridized carbons (Fsp3) is 0.821. The largest absolute Gasteiger partial charge is 0.370 e. The Bertz CT molecular complexity index is 2320. The maximum absolute atomic E-state index is 14.7. The van der Waals surface area contributed by atoms with Gasteiger partial charge in [-0.25, -0.2) is 0 Å². The zero-order valence-corrected chi connectivity index (χ0v) is 59.6. The Kier molecular flexibility index (Phi) is 46.3. The molecule has 20 N–H and O–H groups in total. The van der Waals surface area contributed by atoms with Gasteiger partial charge in [0.05, 0.1) is 6.54 Å². The van der Waals surface area contributed by atoms with Crippen molar-refractivity contribution in [2.24, 2.45) is 69.2 Å². The predicted molar refractivity (Wildman–Crippen MR) is 369 cm³/mol. The van der Waals surface area contributed by atoms with Crippen LogP contribution in [0.4, 0.5) is 0 Å². The highest BCUT2D eigenvalue weighted by Crippen LogP contribution is 2.18. The van der Waals surface area contributed by atoms with E-state index in [1.165, 1.54) is 25.7 Å². The molecule has 0 aliphatic heterocycles. The Morgan fingerprint density at radius 3 is 1.07 bits per heavy atom. The third-order valence-corrected chi connectivity index (χ3v) is 16.4. The van der Waals surface area contributed by atoms with Crippen LogP contribution in [0.3, 0.4) is 0 Å². The van der Waals surface area contributed by atoms with E-state index < -0.39 is 125 Å². The smallest absolute Gasteiger partial charge is 0.243 e. The normalized spacial score (nSPS) is 14.9. The molecule has 0 bridgehead atoms. The van der Waals surface area contributed by atoms with Gasteiger partial charge in [0.2, 0.25) is 65.0 Å². The average molecular weight is 1330 g/mol. The highest BCUT2D eigenvalue weighted by molar-refractivity contribution is 5.99. The number of carbonyl (C=O) groups excluding carboxylic acids is 11. The molecule has 0 saturated carbocycles. The molecule has 11 amide bonds. The molecule has 27 nitrogen and oxygen atoms in total. The Morgan fingerprint density at radius 2 is 0.681 bits per heavy atom. The van der Waals surface area contributed by atoms with E-state index >= 15 is 0 Å². The van der Waals surface area contributed by atoms with Crippen LogP contribution in [0.1, 0.15) is 238 Å². The van der Waals surface area contributed by atoms with Gasteiger partial charge in [0.25, 0.3) is 0 Å². The Balaban J connectivity index is 6.88. The van der Waals surface area contributed by atoms with Crippen molar-refractivity contribution in [3.05, 3.63) is 0 Å². The summed E-state index contributed by atoms with van der Waals surface area (Å²) in [7, 11) is 0. The number of amides is 11. The number of rotatable bonds is 53. The second-order valence-electron chi connectivity index (χ2n) is 27.2. The molecule has 0 rings (SSSR count).